The second kappa shape index (κ2) is 28.4. The number of unbranched alkanes of at least 4 members (excludes halogenated alkanes) is 27. The fraction of sp³-hybridized carbons (Fsp3) is 1.00. The van der Waals surface area contributed by atoms with E-state index < -0.39 is 15.4 Å². The summed E-state index contributed by atoms with van der Waals surface area (Å²) in [5, 5.41) is 0. The van der Waals surface area contributed by atoms with Crippen LogP contribution < -0.4 is 0 Å². The van der Waals surface area contributed by atoms with Crippen molar-refractivity contribution in [3.63, 3.8) is 0 Å². The highest BCUT2D eigenvalue weighted by molar-refractivity contribution is 7.51. The number of hydrogen-bond donors (Lipinski definition) is 4. The largest absolute Gasteiger partial charge is 0.469 e. The van der Waals surface area contributed by atoms with Gasteiger partial charge in [-0.2, -0.15) is 0 Å². The Kier molecular flexibility index (Phi) is 28.6. The van der Waals surface area contributed by atoms with Crippen LogP contribution >= 0.6 is 15.4 Å². The Hall–Kier alpha value is 0.260. The van der Waals surface area contributed by atoms with E-state index in [4.69, 9.17) is 19.6 Å². The van der Waals surface area contributed by atoms with Crippen molar-refractivity contribution >= 4 is 15.4 Å². The molecule has 0 unspecified atom stereocenters. The molecule has 0 rings (SSSR count). The number of hydrogen-bond acceptors (Lipinski definition) is 3. The molecular weight excluding hydrogens is 534 g/mol. The molecule has 0 aliphatic rings. The van der Waals surface area contributed by atoms with Crippen molar-refractivity contribution in [2.24, 2.45) is 0 Å². The van der Waals surface area contributed by atoms with Crippen LogP contribution in [0.3, 0.4) is 0 Å². The van der Waals surface area contributed by atoms with E-state index in [0.29, 0.717) is 6.42 Å². The summed E-state index contributed by atoms with van der Waals surface area (Å²) in [6, 6.07) is 0. The molecule has 0 aliphatic carbocycles. The Bertz CT molecular complexity index is 542. The molecule has 0 fully saturated rings. The van der Waals surface area contributed by atoms with Crippen LogP contribution in [0.2, 0.25) is 0 Å². The van der Waals surface area contributed by atoms with Gasteiger partial charge in [0, 0.05) is 6.16 Å². The third-order valence-corrected chi connectivity index (χ3v) is 9.02. The molecule has 0 radical (unpaired) electrons. The predicted molar refractivity (Wildman–Crippen MR) is 164 cm³/mol. The summed E-state index contributed by atoms with van der Waals surface area (Å²) in [6.45, 7) is 0.157. The van der Waals surface area contributed by atoms with Gasteiger partial charge in [0.05, 0.1) is 6.61 Å². The summed E-state index contributed by atoms with van der Waals surface area (Å²) in [5.41, 5.74) is 0. The molecule has 236 valence electrons. The molecule has 0 saturated heterocycles. The van der Waals surface area contributed by atoms with E-state index in [1.165, 1.54) is 141 Å². The Labute approximate surface area is 241 Å². The molecule has 7 nitrogen and oxygen atoms in total. The highest BCUT2D eigenvalue weighted by Crippen LogP contribution is 2.36. The summed E-state index contributed by atoms with van der Waals surface area (Å²) < 4.78 is 25.8. The standard InChI is InChI=1S/C30H64O7P2/c31-38(32,33)30-28-26-24-22-20-18-16-14-12-10-8-6-4-2-1-3-5-7-9-11-13-15-17-19-21-23-25-27-29-37-39(34,35)36/h1-30H2,(H2,31,32,33)(H2,34,35,36). The minimum atomic E-state index is -4.28. The van der Waals surface area contributed by atoms with Gasteiger partial charge in [0.1, 0.15) is 0 Å². The van der Waals surface area contributed by atoms with Gasteiger partial charge in [-0.15, -0.1) is 0 Å². The van der Waals surface area contributed by atoms with Gasteiger partial charge in [-0.05, 0) is 12.8 Å². The van der Waals surface area contributed by atoms with Gasteiger partial charge in [-0.3, -0.25) is 9.09 Å². The quantitative estimate of drug-likeness (QED) is 0.0448. The molecule has 0 amide bonds. The highest BCUT2D eigenvalue weighted by atomic mass is 31.2. The van der Waals surface area contributed by atoms with Crippen molar-refractivity contribution in [1.82, 2.24) is 0 Å². The van der Waals surface area contributed by atoms with Gasteiger partial charge in [0.2, 0.25) is 0 Å². The molecule has 0 aromatic rings. The second-order valence-electron chi connectivity index (χ2n) is 11.6. The van der Waals surface area contributed by atoms with E-state index in [0.717, 1.165) is 32.1 Å². The first-order valence-electron chi connectivity index (χ1n) is 16.5. The lowest BCUT2D eigenvalue weighted by atomic mass is 10.0. The fourth-order valence-electron chi connectivity index (χ4n) is 5.20. The van der Waals surface area contributed by atoms with Gasteiger partial charge in [-0.25, -0.2) is 4.57 Å². The SMILES string of the molecule is O=P(O)(O)CCCCCCCCCCCCCCCCCCCCCCCCCCCCCCOP(=O)(O)O. The van der Waals surface area contributed by atoms with E-state index in [9.17, 15) is 9.13 Å². The molecule has 0 atom stereocenters. The lowest BCUT2D eigenvalue weighted by Crippen LogP contribution is -1.92. The van der Waals surface area contributed by atoms with E-state index >= 15 is 0 Å². The molecule has 0 aliphatic heterocycles. The lowest BCUT2D eigenvalue weighted by molar-refractivity contribution is 0.193. The van der Waals surface area contributed by atoms with Gasteiger partial charge >= 0.3 is 15.4 Å². The van der Waals surface area contributed by atoms with E-state index in [1.54, 1.807) is 0 Å². The van der Waals surface area contributed by atoms with Crippen LogP contribution in [0.15, 0.2) is 0 Å². The first kappa shape index (κ1) is 39.3. The molecule has 0 saturated carbocycles. The van der Waals surface area contributed by atoms with Crippen LogP contribution in [0, 0.1) is 0 Å². The fourth-order valence-corrected chi connectivity index (χ4v) is 6.20. The minimum Gasteiger partial charge on any atom is -0.324 e. The zero-order chi connectivity index (χ0) is 28.9. The highest BCUT2D eigenvalue weighted by Gasteiger charge is 2.12. The first-order chi connectivity index (χ1) is 18.7. The molecule has 0 aromatic heterocycles. The maximum Gasteiger partial charge on any atom is 0.469 e. The average Bonchev–Trinajstić information content (AvgIpc) is 2.86. The maximum absolute atomic E-state index is 10.8. The van der Waals surface area contributed by atoms with Gasteiger partial charge in [-0.1, -0.05) is 167 Å². The Balaban J connectivity index is 3.08. The molecule has 0 heterocycles. The zero-order valence-electron chi connectivity index (χ0n) is 25.1. The van der Waals surface area contributed by atoms with E-state index in [-0.39, 0.29) is 12.8 Å². The normalized spacial score (nSPS) is 12.4. The number of rotatable bonds is 32. The molecule has 0 spiro atoms. The summed E-state index contributed by atoms with van der Waals surface area (Å²) in [7, 11) is -8.06. The van der Waals surface area contributed by atoms with Crippen LogP contribution in [0.4, 0.5) is 0 Å². The minimum absolute atomic E-state index is 0.0478. The van der Waals surface area contributed by atoms with Crippen LogP contribution in [-0.2, 0) is 13.7 Å². The molecule has 4 N–H and O–H groups in total. The smallest absolute Gasteiger partial charge is 0.324 e. The van der Waals surface area contributed by atoms with Crippen LogP contribution in [0.25, 0.3) is 0 Å². The third kappa shape index (κ3) is 38.3. The van der Waals surface area contributed by atoms with Crippen molar-refractivity contribution in [2.75, 3.05) is 12.8 Å². The Morgan fingerprint density at radius 1 is 0.333 bits per heavy atom. The van der Waals surface area contributed by atoms with Crippen LogP contribution in [0.1, 0.15) is 180 Å². The monoisotopic (exact) mass is 598 g/mol. The summed E-state index contributed by atoms with van der Waals surface area (Å²) in [5.74, 6) is 0. The molecule has 39 heavy (non-hydrogen) atoms. The van der Waals surface area contributed by atoms with Crippen molar-refractivity contribution < 1.29 is 33.2 Å². The zero-order valence-corrected chi connectivity index (χ0v) is 26.9. The third-order valence-electron chi connectivity index (χ3n) is 7.60. The van der Waals surface area contributed by atoms with Gasteiger partial charge < -0.3 is 19.6 Å². The van der Waals surface area contributed by atoms with Crippen molar-refractivity contribution in [1.29, 1.82) is 0 Å². The summed E-state index contributed by atoms with van der Waals surface area (Å²) in [6.07, 6.45) is 35.3. The number of phosphoric ester groups is 1. The Morgan fingerprint density at radius 3 is 0.744 bits per heavy atom. The molecule has 0 bridgehead atoms. The van der Waals surface area contributed by atoms with Gasteiger partial charge in [0.15, 0.2) is 0 Å². The van der Waals surface area contributed by atoms with Crippen LogP contribution in [-0.4, -0.2) is 32.3 Å². The first-order valence-corrected chi connectivity index (χ1v) is 19.8. The Morgan fingerprint density at radius 2 is 0.538 bits per heavy atom. The molecule has 0 aromatic carbocycles. The van der Waals surface area contributed by atoms with Gasteiger partial charge in [0.25, 0.3) is 0 Å². The van der Waals surface area contributed by atoms with E-state index in [2.05, 4.69) is 4.52 Å². The van der Waals surface area contributed by atoms with Crippen molar-refractivity contribution in [3.05, 3.63) is 0 Å². The lowest BCUT2D eigenvalue weighted by Gasteiger charge is -2.05. The van der Waals surface area contributed by atoms with Crippen LogP contribution in [0.5, 0.6) is 0 Å². The predicted octanol–water partition coefficient (Wildman–Crippen LogP) is 10.2. The maximum atomic E-state index is 10.8. The molecular formula is C30H64O7P2. The van der Waals surface area contributed by atoms with Crippen molar-refractivity contribution in [2.45, 2.75) is 180 Å². The topological polar surface area (TPSA) is 124 Å². The summed E-state index contributed by atoms with van der Waals surface area (Å²) >= 11 is 0. The molecule has 9 heteroatoms. The average molecular weight is 599 g/mol. The summed E-state index contributed by atoms with van der Waals surface area (Å²) in [4.78, 5) is 34.9. The van der Waals surface area contributed by atoms with E-state index in [1.807, 2.05) is 0 Å². The number of phosphoric acid groups is 1. The second-order valence-corrected chi connectivity index (χ2v) is 14.6. The van der Waals surface area contributed by atoms with Crippen molar-refractivity contribution in [3.8, 4) is 0 Å².